The van der Waals surface area contributed by atoms with Crippen LogP contribution in [0.5, 0.6) is 0 Å². The molecule has 8 heteroatoms. The van der Waals surface area contributed by atoms with Crippen molar-refractivity contribution < 1.29 is 9.53 Å². The lowest BCUT2D eigenvalue weighted by Crippen LogP contribution is -2.26. The lowest BCUT2D eigenvalue weighted by atomic mass is 10.1. The molecule has 0 saturated heterocycles. The number of rotatable bonds is 5. The van der Waals surface area contributed by atoms with Crippen LogP contribution in [0.3, 0.4) is 0 Å². The standard InChI is InChI=1S/C16H14Cl2N4O2/c1-24-7-6-20-16(23)11-9-21-22-14(4-5-19-15(11)22)10-2-3-12(17)13(18)8-10/h2-5,8-9H,6-7H2,1H3,(H,20,23). The number of ether oxygens (including phenoxy) is 1. The Kier molecular flexibility index (Phi) is 4.99. The molecule has 0 atom stereocenters. The van der Waals surface area contributed by atoms with E-state index in [-0.39, 0.29) is 5.91 Å². The van der Waals surface area contributed by atoms with Crippen molar-refractivity contribution in [2.45, 2.75) is 0 Å². The first-order chi connectivity index (χ1) is 11.6. The van der Waals surface area contributed by atoms with Crippen LogP contribution in [0.15, 0.2) is 36.7 Å². The molecule has 3 aromatic rings. The van der Waals surface area contributed by atoms with Gasteiger partial charge in [-0.1, -0.05) is 29.3 Å². The van der Waals surface area contributed by atoms with Crippen molar-refractivity contribution in [3.63, 3.8) is 0 Å². The van der Waals surface area contributed by atoms with Gasteiger partial charge in [-0.3, -0.25) is 4.79 Å². The van der Waals surface area contributed by atoms with Crippen LogP contribution in [0.25, 0.3) is 16.9 Å². The number of aromatic nitrogens is 3. The predicted molar refractivity (Wildman–Crippen MR) is 92.7 cm³/mol. The summed E-state index contributed by atoms with van der Waals surface area (Å²) in [5.41, 5.74) is 2.45. The van der Waals surface area contributed by atoms with Gasteiger partial charge in [0, 0.05) is 25.4 Å². The van der Waals surface area contributed by atoms with E-state index in [2.05, 4.69) is 15.4 Å². The second kappa shape index (κ2) is 7.17. The summed E-state index contributed by atoms with van der Waals surface area (Å²) in [6.45, 7) is 0.853. The van der Waals surface area contributed by atoms with E-state index < -0.39 is 0 Å². The average Bonchev–Trinajstić information content (AvgIpc) is 3.01. The van der Waals surface area contributed by atoms with Gasteiger partial charge in [0.05, 0.1) is 28.5 Å². The topological polar surface area (TPSA) is 68.5 Å². The average molecular weight is 365 g/mol. The summed E-state index contributed by atoms with van der Waals surface area (Å²) < 4.78 is 6.52. The highest BCUT2D eigenvalue weighted by molar-refractivity contribution is 6.42. The van der Waals surface area contributed by atoms with Crippen LogP contribution in [-0.2, 0) is 4.74 Å². The Balaban J connectivity index is 2.00. The van der Waals surface area contributed by atoms with Crippen LogP contribution >= 0.6 is 23.2 Å². The van der Waals surface area contributed by atoms with Gasteiger partial charge in [0.15, 0.2) is 5.65 Å². The van der Waals surface area contributed by atoms with E-state index in [0.717, 1.165) is 11.3 Å². The van der Waals surface area contributed by atoms with Gasteiger partial charge in [-0.2, -0.15) is 5.10 Å². The molecule has 3 rings (SSSR count). The van der Waals surface area contributed by atoms with E-state index in [1.807, 2.05) is 6.07 Å². The molecule has 0 spiro atoms. The molecular formula is C16H14Cl2N4O2. The molecule has 0 bridgehead atoms. The van der Waals surface area contributed by atoms with Crippen molar-refractivity contribution in [2.24, 2.45) is 0 Å². The molecule has 0 unspecified atom stereocenters. The predicted octanol–water partition coefficient (Wildman–Crippen LogP) is 3.08. The van der Waals surface area contributed by atoms with Gasteiger partial charge in [-0.05, 0) is 18.2 Å². The number of halogens is 2. The van der Waals surface area contributed by atoms with Crippen molar-refractivity contribution in [3.8, 4) is 11.3 Å². The van der Waals surface area contributed by atoms with Crippen LogP contribution in [0.2, 0.25) is 10.0 Å². The van der Waals surface area contributed by atoms with E-state index in [0.29, 0.717) is 34.4 Å². The van der Waals surface area contributed by atoms with E-state index in [1.165, 1.54) is 6.20 Å². The van der Waals surface area contributed by atoms with Gasteiger partial charge in [0.25, 0.3) is 5.91 Å². The minimum absolute atomic E-state index is 0.249. The second-order valence-corrected chi connectivity index (χ2v) is 5.82. The van der Waals surface area contributed by atoms with E-state index in [1.54, 1.807) is 36.0 Å². The number of carbonyl (C=O) groups excluding carboxylic acids is 1. The van der Waals surface area contributed by atoms with Gasteiger partial charge in [-0.15, -0.1) is 0 Å². The van der Waals surface area contributed by atoms with Gasteiger partial charge in [-0.25, -0.2) is 9.50 Å². The van der Waals surface area contributed by atoms with E-state index in [4.69, 9.17) is 27.9 Å². The Morgan fingerprint density at radius 1 is 1.29 bits per heavy atom. The van der Waals surface area contributed by atoms with E-state index >= 15 is 0 Å². The molecule has 1 aromatic carbocycles. The highest BCUT2D eigenvalue weighted by atomic mass is 35.5. The SMILES string of the molecule is COCCNC(=O)c1cnn2c(-c3ccc(Cl)c(Cl)c3)ccnc12. The van der Waals surface area contributed by atoms with Crippen molar-refractivity contribution in [1.82, 2.24) is 19.9 Å². The van der Waals surface area contributed by atoms with Crippen LogP contribution in [0, 0.1) is 0 Å². The largest absolute Gasteiger partial charge is 0.383 e. The minimum Gasteiger partial charge on any atom is -0.383 e. The number of nitrogens with one attached hydrogen (secondary N) is 1. The van der Waals surface area contributed by atoms with Crippen molar-refractivity contribution in [2.75, 3.05) is 20.3 Å². The summed E-state index contributed by atoms with van der Waals surface area (Å²) in [6, 6.07) is 7.10. The maximum atomic E-state index is 12.2. The maximum absolute atomic E-state index is 12.2. The molecule has 1 N–H and O–H groups in total. The second-order valence-electron chi connectivity index (χ2n) is 5.00. The molecule has 2 heterocycles. The first-order valence-corrected chi connectivity index (χ1v) is 7.92. The van der Waals surface area contributed by atoms with Crippen molar-refractivity contribution in [1.29, 1.82) is 0 Å². The molecule has 0 aliphatic heterocycles. The van der Waals surface area contributed by atoms with Crippen LogP contribution < -0.4 is 5.32 Å². The molecule has 0 aliphatic carbocycles. The summed E-state index contributed by atoms with van der Waals surface area (Å²) in [4.78, 5) is 16.5. The third-order valence-electron chi connectivity index (χ3n) is 3.45. The fourth-order valence-corrected chi connectivity index (χ4v) is 2.59. The van der Waals surface area contributed by atoms with Crippen molar-refractivity contribution in [3.05, 3.63) is 52.3 Å². The van der Waals surface area contributed by atoms with Crippen LogP contribution in [0.4, 0.5) is 0 Å². The zero-order valence-electron chi connectivity index (χ0n) is 12.8. The highest BCUT2D eigenvalue weighted by Crippen LogP contribution is 2.28. The Morgan fingerprint density at radius 2 is 2.12 bits per heavy atom. The molecule has 1 amide bonds. The summed E-state index contributed by atoms with van der Waals surface area (Å²) in [5.74, 6) is -0.249. The first kappa shape index (κ1) is 16.7. The zero-order chi connectivity index (χ0) is 17.1. The monoisotopic (exact) mass is 364 g/mol. The quantitative estimate of drug-likeness (QED) is 0.706. The lowest BCUT2D eigenvalue weighted by molar-refractivity contribution is 0.0938. The van der Waals surface area contributed by atoms with Crippen LogP contribution in [-0.4, -0.2) is 40.8 Å². The molecule has 124 valence electrons. The molecule has 0 fully saturated rings. The number of carbonyl (C=O) groups is 1. The Morgan fingerprint density at radius 3 is 2.88 bits per heavy atom. The van der Waals surface area contributed by atoms with Gasteiger partial charge in [0.1, 0.15) is 5.56 Å². The maximum Gasteiger partial charge on any atom is 0.256 e. The van der Waals surface area contributed by atoms with E-state index in [9.17, 15) is 4.79 Å². The Hall–Kier alpha value is -2.15. The van der Waals surface area contributed by atoms with Gasteiger partial charge in [0.2, 0.25) is 0 Å². The zero-order valence-corrected chi connectivity index (χ0v) is 14.3. The number of hydrogen-bond donors (Lipinski definition) is 1. The molecule has 6 nitrogen and oxygen atoms in total. The number of hydrogen-bond acceptors (Lipinski definition) is 4. The van der Waals surface area contributed by atoms with Crippen molar-refractivity contribution >= 4 is 34.8 Å². The van der Waals surface area contributed by atoms with Crippen LogP contribution in [0.1, 0.15) is 10.4 Å². The fraction of sp³-hybridized carbons (Fsp3) is 0.188. The minimum atomic E-state index is -0.249. The third kappa shape index (κ3) is 3.21. The van der Waals surface area contributed by atoms with Gasteiger partial charge < -0.3 is 10.1 Å². The third-order valence-corrected chi connectivity index (χ3v) is 4.19. The fourth-order valence-electron chi connectivity index (χ4n) is 2.29. The van der Waals surface area contributed by atoms with Gasteiger partial charge >= 0.3 is 0 Å². The number of methoxy groups -OCH3 is 1. The first-order valence-electron chi connectivity index (χ1n) is 7.17. The summed E-state index contributed by atoms with van der Waals surface area (Å²) in [7, 11) is 1.58. The molecule has 0 aliphatic rings. The number of amides is 1. The number of fused-ring (bicyclic) bond motifs is 1. The molecule has 0 saturated carbocycles. The Labute approximate surface area is 148 Å². The number of nitrogens with zero attached hydrogens (tertiary/aromatic N) is 3. The smallest absolute Gasteiger partial charge is 0.256 e. The molecule has 24 heavy (non-hydrogen) atoms. The summed E-state index contributed by atoms with van der Waals surface area (Å²) >= 11 is 12.1. The summed E-state index contributed by atoms with van der Waals surface area (Å²) in [5, 5.41) is 7.96. The molecular weight excluding hydrogens is 351 g/mol. The molecule has 0 radical (unpaired) electrons. The molecule has 2 aromatic heterocycles. The summed E-state index contributed by atoms with van der Waals surface area (Å²) in [6.07, 6.45) is 3.12. The lowest BCUT2D eigenvalue weighted by Gasteiger charge is -2.07. The normalized spacial score (nSPS) is 11.0. The highest BCUT2D eigenvalue weighted by Gasteiger charge is 2.16. The number of benzene rings is 1. The Bertz CT molecular complexity index is 895.